The minimum Gasteiger partial charge on any atom is -0.291 e. The van der Waals surface area contributed by atoms with Crippen LogP contribution in [0.15, 0.2) is 45.7 Å². The van der Waals surface area contributed by atoms with Crippen LogP contribution in [0.2, 0.25) is 0 Å². The van der Waals surface area contributed by atoms with Crippen molar-refractivity contribution in [3.8, 4) is 11.3 Å². The number of H-pyrrole nitrogens is 1. The fraction of sp³-hybridized carbons (Fsp3) is 0.300. The summed E-state index contributed by atoms with van der Waals surface area (Å²) in [7, 11) is 0. The Morgan fingerprint density at radius 2 is 2.14 bits per heavy atom. The van der Waals surface area contributed by atoms with Crippen molar-refractivity contribution in [3.63, 3.8) is 0 Å². The lowest BCUT2D eigenvalue weighted by Gasteiger charge is -2.31. The third-order valence-electron chi connectivity index (χ3n) is 4.82. The van der Waals surface area contributed by atoms with Gasteiger partial charge < -0.3 is 0 Å². The molecule has 4 rings (SSSR count). The Balaban J connectivity index is 2.07. The number of thioether (sulfide) groups is 1. The van der Waals surface area contributed by atoms with Gasteiger partial charge >= 0.3 is 17.4 Å². The van der Waals surface area contributed by atoms with Crippen molar-refractivity contribution in [2.24, 2.45) is 0 Å². The van der Waals surface area contributed by atoms with E-state index < -0.39 is 6.17 Å². The van der Waals surface area contributed by atoms with Crippen molar-refractivity contribution in [1.82, 2.24) is 10.1 Å². The van der Waals surface area contributed by atoms with Gasteiger partial charge in [0.1, 0.15) is 4.88 Å². The first-order chi connectivity index (χ1) is 13.6. The highest BCUT2D eigenvalue weighted by atomic mass is 32.2. The molecule has 1 aliphatic rings. The van der Waals surface area contributed by atoms with E-state index in [-0.39, 0.29) is 11.5 Å². The van der Waals surface area contributed by atoms with Gasteiger partial charge in [0, 0.05) is 11.5 Å². The quantitative estimate of drug-likeness (QED) is 0.525. The smallest absolute Gasteiger partial charge is 0.291 e. The fourth-order valence-corrected chi connectivity index (χ4v) is 4.92. The van der Waals surface area contributed by atoms with Crippen molar-refractivity contribution in [1.29, 1.82) is 0 Å². The standard InChI is InChI=1S/C20H20N4O2S2/c1-4-7-15(25)23-14-9-6-5-8-13(14)16-18(26)21-20(27-3)22-24(16)19(23)17-12(2)10-11-28-17/h5-6,8-11,19H,4,7H2,1-3H3/p+1. The zero-order chi connectivity index (χ0) is 19.8. The number of benzene rings is 1. The minimum absolute atomic E-state index is 0.0266. The fourth-order valence-electron chi connectivity index (χ4n) is 3.56. The van der Waals surface area contributed by atoms with E-state index in [1.165, 1.54) is 11.8 Å². The first-order valence-electron chi connectivity index (χ1n) is 9.12. The molecule has 0 spiro atoms. The Bertz CT molecular complexity index is 1110. The van der Waals surface area contributed by atoms with Crippen LogP contribution in [0.4, 0.5) is 5.69 Å². The lowest BCUT2D eigenvalue weighted by atomic mass is 10.0. The zero-order valence-corrected chi connectivity index (χ0v) is 17.6. The van der Waals surface area contributed by atoms with Crippen molar-refractivity contribution in [2.75, 3.05) is 11.2 Å². The predicted molar refractivity (Wildman–Crippen MR) is 112 cm³/mol. The van der Waals surface area contributed by atoms with E-state index in [0.717, 1.165) is 28.1 Å². The molecule has 3 aromatic rings. The number of nitrogens with zero attached hydrogens (tertiary/aromatic N) is 3. The van der Waals surface area contributed by atoms with Crippen LogP contribution < -0.4 is 15.1 Å². The molecular formula is C20H21N4O2S2+. The number of carbonyl (C=O) groups is 1. The maximum Gasteiger partial charge on any atom is 0.325 e. The number of aromatic nitrogens is 3. The molecule has 1 aromatic carbocycles. The van der Waals surface area contributed by atoms with Crippen LogP contribution in [0.1, 0.15) is 36.4 Å². The van der Waals surface area contributed by atoms with Gasteiger partial charge in [0.05, 0.1) is 11.3 Å². The van der Waals surface area contributed by atoms with E-state index >= 15 is 0 Å². The van der Waals surface area contributed by atoms with Crippen LogP contribution in [0.5, 0.6) is 0 Å². The summed E-state index contributed by atoms with van der Waals surface area (Å²) in [4.78, 5) is 31.9. The molecule has 8 heteroatoms. The average molecular weight is 414 g/mol. The summed E-state index contributed by atoms with van der Waals surface area (Å²) in [6.45, 7) is 4.02. The lowest BCUT2D eigenvalue weighted by Crippen LogP contribution is -2.60. The topological polar surface area (TPSA) is 69.9 Å². The monoisotopic (exact) mass is 413 g/mol. The summed E-state index contributed by atoms with van der Waals surface area (Å²) in [5, 5.41) is 7.23. The summed E-state index contributed by atoms with van der Waals surface area (Å²) >= 11 is 2.95. The number of nitrogens with one attached hydrogen (secondary N) is 1. The molecule has 2 aromatic heterocycles. The number of aromatic amines is 1. The molecule has 0 saturated carbocycles. The zero-order valence-electron chi connectivity index (χ0n) is 15.9. The van der Waals surface area contributed by atoms with Crippen LogP contribution in [-0.4, -0.2) is 22.2 Å². The Hall–Kier alpha value is -2.45. The van der Waals surface area contributed by atoms with Gasteiger partial charge in [-0.05, 0) is 53.4 Å². The number of anilines is 1. The van der Waals surface area contributed by atoms with Crippen molar-refractivity contribution >= 4 is 34.7 Å². The normalized spacial score (nSPS) is 15.2. The van der Waals surface area contributed by atoms with E-state index in [1.54, 1.807) is 20.9 Å². The van der Waals surface area contributed by atoms with Crippen LogP contribution in [0, 0.1) is 6.92 Å². The third-order valence-corrected chi connectivity index (χ3v) is 6.45. The van der Waals surface area contributed by atoms with E-state index in [9.17, 15) is 9.59 Å². The first-order valence-corrected chi connectivity index (χ1v) is 11.2. The molecule has 3 heterocycles. The molecule has 1 unspecified atom stereocenters. The molecule has 0 bridgehead atoms. The van der Waals surface area contributed by atoms with Gasteiger partial charge in [0.15, 0.2) is 0 Å². The highest BCUT2D eigenvalue weighted by molar-refractivity contribution is 7.98. The van der Waals surface area contributed by atoms with Crippen LogP contribution in [0.3, 0.4) is 0 Å². The largest absolute Gasteiger partial charge is 0.325 e. The summed E-state index contributed by atoms with van der Waals surface area (Å²) in [5.41, 5.74) is 2.83. The maximum absolute atomic E-state index is 13.2. The number of aryl methyl sites for hydroxylation is 1. The second kappa shape index (κ2) is 7.52. The number of thiophene rings is 1. The second-order valence-corrected chi connectivity index (χ2v) is 8.37. The van der Waals surface area contributed by atoms with Gasteiger partial charge in [-0.15, -0.1) is 11.3 Å². The number of amides is 1. The summed E-state index contributed by atoms with van der Waals surface area (Å²) in [6.07, 6.45) is 2.58. The molecule has 1 aliphatic heterocycles. The molecular weight excluding hydrogens is 392 g/mol. The number of para-hydroxylation sites is 1. The number of rotatable bonds is 4. The van der Waals surface area contributed by atoms with Gasteiger partial charge in [-0.2, -0.15) is 0 Å². The number of carbonyl (C=O) groups excluding carboxylic acids is 1. The SMILES string of the molecule is CCCC(=O)N1c2ccccc2-c2c(=O)[nH]c(SC)n[n+]2C1c1sccc1C. The molecule has 1 atom stereocenters. The van der Waals surface area contributed by atoms with Gasteiger partial charge in [0.25, 0.3) is 0 Å². The van der Waals surface area contributed by atoms with Crippen LogP contribution in [-0.2, 0) is 4.79 Å². The van der Waals surface area contributed by atoms with Crippen molar-refractivity contribution < 1.29 is 9.48 Å². The molecule has 0 aliphatic carbocycles. The van der Waals surface area contributed by atoms with E-state index in [2.05, 4.69) is 4.98 Å². The maximum atomic E-state index is 13.2. The van der Waals surface area contributed by atoms with Gasteiger partial charge in [-0.25, -0.2) is 4.90 Å². The van der Waals surface area contributed by atoms with Gasteiger partial charge in [-0.3, -0.25) is 14.6 Å². The molecule has 0 fully saturated rings. The molecule has 1 N–H and O–H groups in total. The van der Waals surface area contributed by atoms with Gasteiger partial charge in [-0.1, -0.05) is 30.8 Å². The Morgan fingerprint density at radius 1 is 1.36 bits per heavy atom. The molecule has 144 valence electrons. The van der Waals surface area contributed by atoms with Crippen molar-refractivity contribution in [3.05, 3.63) is 56.5 Å². The van der Waals surface area contributed by atoms with E-state index in [1.807, 2.05) is 55.8 Å². The Labute approximate surface area is 171 Å². The first kappa shape index (κ1) is 18.9. The Kier molecular flexibility index (Phi) is 5.07. The highest BCUT2D eigenvalue weighted by Crippen LogP contribution is 2.39. The molecule has 6 nitrogen and oxygen atoms in total. The predicted octanol–water partition coefficient (Wildman–Crippen LogP) is 3.51. The Morgan fingerprint density at radius 3 is 2.82 bits per heavy atom. The minimum atomic E-state index is -0.475. The summed E-state index contributed by atoms with van der Waals surface area (Å²) < 4.78 is 1.72. The molecule has 0 saturated heterocycles. The highest BCUT2D eigenvalue weighted by Gasteiger charge is 2.46. The summed E-state index contributed by atoms with van der Waals surface area (Å²) in [5.74, 6) is 0.0266. The number of fused-ring (bicyclic) bond motifs is 3. The average Bonchev–Trinajstić information content (AvgIpc) is 3.12. The lowest BCUT2D eigenvalue weighted by molar-refractivity contribution is -0.762. The third kappa shape index (κ3) is 2.97. The van der Waals surface area contributed by atoms with Crippen LogP contribution >= 0.6 is 23.1 Å². The summed E-state index contributed by atoms with van der Waals surface area (Å²) in [6, 6.07) is 9.60. The molecule has 28 heavy (non-hydrogen) atoms. The number of hydrogen-bond acceptors (Lipinski definition) is 5. The second-order valence-electron chi connectivity index (χ2n) is 6.63. The van der Waals surface area contributed by atoms with Crippen LogP contribution in [0.25, 0.3) is 11.3 Å². The van der Waals surface area contributed by atoms with Gasteiger partial charge in [0.2, 0.25) is 11.1 Å². The molecule has 1 amide bonds. The number of hydrogen-bond donors (Lipinski definition) is 1. The van der Waals surface area contributed by atoms with Crippen molar-refractivity contribution in [2.45, 2.75) is 38.0 Å². The molecule has 0 radical (unpaired) electrons. The van der Waals surface area contributed by atoms with E-state index in [4.69, 9.17) is 5.10 Å². The van der Waals surface area contributed by atoms with E-state index in [0.29, 0.717) is 17.3 Å².